The van der Waals surface area contributed by atoms with Gasteiger partial charge in [-0.2, -0.15) is 5.10 Å². The molecule has 3 N–H and O–H groups in total. The highest BCUT2D eigenvalue weighted by atomic mass is 32.1. The fourth-order valence-corrected chi connectivity index (χ4v) is 7.36. The molecule has 0 aromatic carbocycles. The van der Waals surface area contributed by atoms with E-state index in [4.69, 9.17) is 5.73 Å². The van der Waals surface area contributed by atoms with E-state index in [0.29, 0.717) is 18.5 Å². The lowest BCUT2D eigenvalue weighted by molar-refractivity contribution is -0.119. The van der Waals surface area contributed by atoms with Crippen LogP contribution in [0, 0.1) is 13.8 Å². The molecule has 2 bridgehead atoms. The molecular formula is C26H30N6OS. The SMILES string of the molecule is Cc1c(C2=C3CCC(C2)N(CC(N)=O)C3)sc2[nH]c(-c3cc(C)c4ncnn4c3)c(C(C)C)c12. The molecule has 1 atom stereocenters. The van der Waals surface area contributed by atoms with Crippen LogP contribution < -0.4 is 5.73 Å². The molecule has 1 aliphatic carbocycles. The average Bonchev–Trinajstić information content (AvgIpc) is 3.48. The van der Waals surface area contributed by atoms with E-state index in [1.165, 1.54) is 43.1 Å². The first-order valence-corrected chi connectivity index (χ1v) is 12.8. The van der Waals surface area contributed by atoms with Crippen LogP contribution in [0.4, 0.5) is 0 Å². The highest BCUT2D eigenvalue weighted by molar-refractivity contribution is 7.20. The van der Waals surface area contributed by atoms with E-state index >= 15 is 0 Å². The number of primary amides is 1. The molecule has 2 aliphatic heterocycles. The van der Waals surface area contributed by atoms with Crippen LogP contribution >= 0.6 is 11.3 Å². The minimum atomic E-state index is -0.233. The lowest BCUT2D eigenvalue weighted by Gasteiger charge is -2.42. The van der Waals surface area contributed by atoms with Gasteiger partial charge in [0.2, 0.25) is 5.91 Å². The van der Waals surface area contributed by atoms with Gasteiger partial charge in [-0.05, 0) is 67.4 Å². The van der Waals surface area contributed by atoms with Crippen molar-refractivity contribution < 1.29 is 4.79 Å². The van der Waals surface area contributed by atoms with Gasteiger partial charge in [0.15, 0.2) is 5.65 Å². The van der Waals surface area contributed by atoms with Gasteiger partial charge in [0, 0.05) is 34.6 Å². The summed E-state index contributed by atoms with van der Waals surface area (Å²) in [7, 11) is 0. The number of carbonyl (C=O) groups excluding carboxylic acids is 1. The maximum absolute atomic E-state index is 11.5. The summed E-state index contributed by atoms with van der Waals surface area (Å²) in [6.07, 6.45) is 6.94. The van der Waals surface area contributed by atoms with Gasteiger partial charge in [-0.15, -0.1) is 11.3 Å². The number of pyridine rings is 1. The second-order valence-electron chi connectivity index (χ2n) is 10.1. The molecule has 3 aliphatic rings. The number of aromatic nitrogens is 4. The van der Waals surface area contributed by atoms with E-state index < -0.39 is 0 Å². The van der Waals surface area contributed by atoms with Gasteiger partial charge in [0.1, 0.15) is 11.2 Å². The summed E-state index contributed by atoms with van der Waals surface area (Å²) < 4.78 is 1.87. The Kier molecular flexibility index (Phi) is 4.93. The van der Waals surface area contributed by atoms with E-state index in [1.807, 2.05) is 15.9 Å². The van der Waals surface area contributed by atoms with Crippen molar-refractivity contribution in [2.75, 3.05) is 13.1 Å². The number of aromatic amines is 1. The van der Waals surface area contributed by atoms with Crippen LogP contribution in [0.25, 0.3) is 32.7 Å². The maximum Gasteiger partial charge on any atom is 0.231 e. The number of nitrogens with two attached hydrogens (primary N) is 1. The standard InChI is InChI=1S/C26H30N6OS/c1-13(2)21-22-15(4)24(19-8-18-6-5-16(19)9-31(18)11-20(27)33)34-26(22)30-23(21)17-7-14(3)25-28-12-29-32(25)10-17/h7,10,12-13,18,30H,5-6,8-9,11H2,1-4H3,(H2,27,33). The summed E-state index contributed by atoms with van der Waals surface area (Å²) in [5, 5.41) is 5.74. The zero-order valence-corrected chi connectivity index (χ0v) is 20.9. The third kappa shape index (κ3) is 3.23. The van der Waals surface area contributed by atoms with Crippen LogP contribution in [0.15, 0.2) is 24.2 Å². The Bertz CT molecular complexity index is 1490. The Morgan fingerprint density at radius 1 is 1.35 bits per heavy atom. The van der Waals surface area contributed by atoms with Crippen molar-refractivity contribution in [1.29, 1.82) is 0 Å². The second-order valence-corrected chi connectivity index (χ2v) is 11.1. The molecule has 4 aromatic heterocycles. The van der Waals surface area contributed by atoms with Gasteiger partial charge in [0.05, 0.1) is 12.2 Å². The third-order valence-corrected chi connectivity index (χ3v) is 8.81. The molecule has 0 spiro atoms. The Morgan fingerprint density at radius 3 is 2.88 bits per heavy atom. The number of fused-ring (bicyclic) bond motifs is 5. The van der Waals surface area contributed by atoms with Crippen LogP contribution in [0.2, 0.25) is 0 Å². The number of rotatable bonds is 5. The van der Waals surface area contributed by atoms with Crippen molar-refractivity contribution in [3.63, 3.8) is 0 Å². The maximum atomic E-state index is 11.5. The van der Waals surface area contributed by atoms with Crippen molar-refractivity contribution in [3.05, 3.63) is 45.7 Å². The van der Waals surface area contributed by atoms with Crippen molar-refractivity contribution in [2.45, 2.75) is 58.9 Å². The first-order chi connectivity index (χ1) is 16.3. The number of hydrogen-bond acceptors (Lipinski definition) is 5. The molecule has 1 unspecified atom stereocenters. The number of amides is 1. The smallest absolute Gasteiger partial charge is 0.231 e. The van der Waals surface area contributed by atoms with Crippen LogP contribution in [-0.2, 0) is 4.79 Å². The van der Waals surface area contributed by atoms with E-state index in [2.05, 4.69) is 59.9 Å². The first kappa shape index (κ1) is 21.6. The zero-order valence-electron chi connectivity index (χ0n) is 20.1. The van der Waals surface area contributed by atoms with Gasteiger partial charge in [-0.3, -0.25) is 9.69 Å². The minimum Gasteiger partial charge on any atom is -0.369 e. The molecule has 176 valence electrons. The average molecular weight is 475 g/mol. The third-order valence-electron chi connectivity index (χ3n) is 7.54. The topological polar surface area (TPSA) is 92.3 Å². The fraction of sp³-hybridized carbons (Fsp3) is 0.423. The van der Waals surface area contributed by atoms with Gasteiger partial charge in [0.25, 0.3) is 0 Å². The van der Waals surface area contributed by atoms with Crippen LogP contribution in [0.5, 0.6) is 0 Å². The summed E-state index contributed by atoms with van der Waals surface area (Å²) in [5.41, 5.74) is 15.6. The second kappa shape index (κ2) is 7.78. The lowest BCUT2D eigenvalue weighted by atomic mass is 9.81. The summed E-state index contributed by atoms with van der Waals surface area (Å²) in [6, 6.07) is 2.62. The van der Waals surface area contributed by atoms with Crippen molar-refractivity contribution in [3.8, 4) is 11.3 Å². The highest BCUT2D eigenvalue weighted by Gasteiger charge is 2.35. The summed E-state index contributed by atoms with van der Waals surface area (Å²) in [5.74, 6) is 0.145. The number of H-pyrrole nitrogens is 1. The molecule has 1 fully saturated rings. The molecule has 0 saturated carbocycles. The first-order valence-electron chi connectivity index (χ1n) is 12.0. The molecule has 0 radical (unpaired) electrons. The zero-order chi connectivity index (χ0) is 23.7. The molecule has 1 amide bonds. The Labute approximate surface area is 202 Å². The summed E-state index contributed by atoms with van der Waals surface area (Å²) in [4.78, 5) is 24.6. The van der Waals surface area contributed by atoms with Crippen molar-refractivity contribution >= 4 is 38.7 Å². The quantitative estimate of drug-likeness (QED) is 0.435. The Morgan fingerprint density at radius 2 is 2.18 bits per heavy atom. The molecular weight excluding hydrogens is 444 g/mol. The minimum absolute atomic E-state index is 0.233. The van der Waals surface area contributed by atoms with E-state index in [9.17, 15) is 4.79 Å². The molecule has 1 saturated heterocycles. The van der Waals surface area contributed by atoms with E-state index in [0.717, 1.165) is 42.6 Å². The molecule has 8 heteroatoms. The Hall–Kier alpha value is -2.97. The molecule has 34 heavy (non-hydrogen) atoms. The van der Waals surface area contributed by atoms with E-state index in [1.54, 1.807) is 6.33 Å². The number of hydrogen-bond donors (Lipinski definition) is 2. The summed E-state index contributed by atoms with van der Waals surface area (Å²) >= 11 is 1.88. The molecule has 6 heterocycles. The lowest BCUT2D eigenvalue weighted by Crippen LogP contribution is -2.48. The normalized spacial score (nSPS) is 18.8. The molecule has 4 aromatic rings. The number of aryl methyl sites for hydroxylation is 2. The predicted molar refractivity (Wildman–Crippen MR) is 137 cm³/mol. The van der Waals surface area contributed by atoms with Gasteiger partial charge >= 0.3 is 0 Å². The van der Waals surface area contributed by atoms with E-state index in [-0.39, 0.29) is 5.91 Å². The largest absolute Gasteiger partial charge is 0.369 e. The van der Waals surface area contributed by atoms with Crippen LogP contribution in [0.1, 0.15) is 60.6 Å². The predicted octanol–water partition coefficient (Wildman–Crippen LogP) is 4.79. The highest BCUT2D eigenvalue weighted by Crippen LogP contribution is 2.48. The number of carbonyl (C=O) groups is 1. The van der Waals surface area contributed by atoms with Crippen molar-refractivity contribution in [2.24, 2.45) is 5.73 Å². The number of thiophene rings is 1. The number of nitrogens with zero attached hydrogens (tertiary/aromatic N) is 4. The molecule has 7 nitrogen and oxygen atoms in total. The van der Waals surface area contributed by atoms with Crippen LogP contribution in [-0.4, -0.2) is 49.5 Å². The monoisotopic (exact) mass is 474 g/mol. The van der Waals surface area contributed by atoms with Gasteiger partial charge in [-0.1, -0.05) is 19.4 Å². The molecule has 7 rings (SSSR count). The van der Waals surface area contributed by atoms with Gasteiger partial charge in [-0.25, -0.2) is 9.50 Å². The Balaban J connectivity index is 1.47. The summed E-state index contributed by atoms with van der Waals surface area (Å²) in [6.45, 7) is 10.1. The fourth-order valence-electron chi connectivity index (χ4n) is 6.03. The van der Waals surface area contributed by atoms with Crippen molar-refractivity contribution in [1.82, 2.24) is 24.5 Å². The number of nitrogens with one attached hydrogen (secondary N) is 1. The van der Waals surface area contributed by atoms with Crippen LogP contribution in [0.3, 0.4) is 0 Å². The number of piperidine rings is 1. The van der Waals surface area contributed by atoms with Gasteiger partial charge < -0.3 is 10.7 Å².